The van der Waals surface area contributed by atoms with Crippen LogP contribution in [0.4, 0.5) is 0 Å². The SMILES string of the molecule is CN(C(=O)CNC1C2CCC(C2)C1C(=O)O)C1CC1. The van der Waals surface area contributed by atoms with Crippen molar-refractivity contribution in [2.45, 2.75) is 44.2 Å². The number of carboxylic acid groups (broad SMARTS) is 1. The first-order valence-corrected chi connectivity index (χ1v) is 7.29. The summed E-state index contributed by atoms with van der Waals surface area (Å²) in [6.07, 6.45) is 5.37. The van der Waals surface area contributed by atoms with E-state index in [0.29, 0.717) is 17.9 Å². The van der Waals surface area contributed by atoms with Gasteiger partial charge in [-0.2, -0.15) is 0 Å². The molecule has 0 aliphatic heterocycles. The van der Waals surface area contributed by atoms with Crippen molar-refractivity contribution in [3.05, 3.63) is 0 Å². The van der Waals surface area contributed by atoms with Crippen LogP contribution in [0.5, 0.6) is 0 Å². The Morgan fingerprint density at radius 2 is 1.89 bits per heavy atom. The van der Waals surface area contributed by atoms with Crippen molar-refractivity contribution in [2.24, 2.45) is 17.8 Å². The molecule has 19 heavy (non-hydrogen) atoms. The molecule has 0 heterocycles. The van der Waals surface area contributed by atoms with E-state index in [0.717, 1.165) is 32.1 Å². The number of amides is 1. The fourth-order valence-corrected chi connectivity index (χ4v) is 3.94. The molecule has 5 heteroatoms. The number of carboxylic acids is 1. The maximum absolute atomic E-state index is 12.0. The van der Waals surface area contributed by atoms with Gasteiger partial charge in [0, 0.05) is 19.1 Å². The molecule has 0 aromatic carbocycles. The number of rotatable bonds is 5. The summed E-state index contributed by atoms with van der Waals surface area (Å²) in [6.45, 7) is 0.282. The zero-order valence-electron chi connectivity index (χ0n) is 11.3. The van der Waals surface area contributed by atoms with E-state index >= 15 is 0 Å². The molecule has 2 N–H and O–H groups in total. The molecular formula is C14H22N2O3. The molecule has 3 rings (SSSR count). The molecule has 0 radical (unpaired) electrons. The molecule has 3 saturated carbocycles. The molecule has 0 spiro atoms. The monoisotopic (exact) mass is 266 g/mol. The van der Waals surface area contributed by atoms with Crippen molar-refractivity contribution < 1.29 is 14.7 Å². The Morgan fingerprint density at radius 1 is 1.21 bits per heavy atom. The molecule has 0 saturated heterocycles. The third-order valence-electron chi connectivity index (χ3n) is 5.18. The minimum absolute atomic E-state index is 0.00666. The maximum atomic E-state index is 12.0. The van der Waals surface area contributed by atoms with Crippen molar-refractivity contribution in [2.75, 3.05) is 13.6 Å². The Hall–Kier alpha value is -1.10. The molecular weight excluding hydrogens is 244 g/mol. The zero-order chi connectivity index (χ0) is 13.6. The Balaban J connectivity index is 1.56. The minimum Gasteiger partial charge on any atom is -0.481 e. The van der Waals surface area contributed by atoms with Gasteiger partial charge in [0.1, 0.15) is 0 Å². The quantitative estimate of drug-likeness (QED) is 0.768. The van der Waals surface area contributed by atoms with Crippen LogP contribution in [0.3, 0.4) is 0 Å². The second-order valence-electron chi connectivity index (χ2n) is 6.34. The minimum atomic E-state index is -0.701. The molecule has 3 aliphatic carbocycles. The van der Waals surface area contributed by atoms with Gasteiger partial charge in [-0.15, -0.1) is 0 Å². The number of likely N-dealkylation sites (N-methyl/N-ethyl adjacent to an activating group) is 1. The summed E-state index contributed by atoms with van der Waals surface area (Å²) in [7, 11) is 1.84. The number of aliphatic carboxylic acids is 1. The van der Waals surface area contributed by atoms with Crippen molar-refractivity contribution >= 4 is 11.9 Å². The van der Waals surface area contributed by atoms with Crippen molar-refractivity contribution in [1.82, 2.24) is 10.2 Å². The van der Waals surface area contributed by atoms with Gasteiger partial charge in [0.2, 0.25) is 5.91 Å². The van der Waals surface area contributed by atoms with Crippen LogP contribution in [0.1, 0.15) is 32.1 Å². The predicted molar refractivity (Wildman–Crippen MR) is 69.5 cm³/mol. The van der Waals surface area contributed by atoms with E-state index in [1.807, 2.05) is 7.05 Å². The summed E-state index contributed by atoms with van der Waals surface area (Å²) in [5.74, 6) is -0.138. The number of nitrogens with zero attached hydrogens (tertiary/aromatic N) is 1. The molecule has 3 aliphatic rings. The van der Waals surface area contributed by atoms with Gasteiger partial charge < -0.3 is 15.3 Å². The summed E-state index contributed by atoms with van der Waals surface area (Å²) >= 11 is 0. The molecule has 2 bridgehead atoms. The van der Waals surface area contributed by atoms with Crippen LogP contribution in [0.25, 0.3) is 0 Å². The Kier molecular flexibility index (Phi) is 3.25. The summed E-state index contributed by atoms with van der Waals surface area (Å²) in [4.78, 5) is 25.1. The first-order valence-electron chi connectivity index (χ1n) is 7.29. The van der Waals surface area contributed by atoms with Gasteiger partial charge in [-0.05, 0) is 43.9 Å². The fourth-order valence-electron chi connectivity index (χ4n) is 3.94. The fraction of sp³-hybridized carbons (Fsp3) is 0.857. The lowest BCUT2D eigenvalue weighted by atomic mass is 9.84. The third kappa shape index (κ3) is 2.36. The summed E-state index contributed by atoms with van der Waals surface area (Å²) in [5.41, 5.74) is 0. The van der Waals surface area contributed by atoms with Crippen LogP contribution in [0, 0.1) is 17.8 Å². The first kappa shape index (κ1) is 12.9. The lowest BCUT2D eigenvalue weighted by Gasteiger charge is -2.29. The lowest BCUT2D eigenvalue weighted by Crippen LogP contribution is -2.48. The second kappa shape index (κ2) is 4.78. The Labute approximate surface area is 113 Å². The van der Waals surface area contributed by atoms with Gasteiger partial charge in [-0.3, -0.25) is 9.59 Å². The van der Waals surface area contributed by atoms with Gasteiger partial charge >= 0.3 is 5.97 Å². The van der Waals surface area contributed by atoms with Crippen molar-refractivity contribution in [1.29, 1.82) is 0 Å². The normalized spacial score (nSPS) is 36.5. The Bertz CT molecular complexity index is 394. The van der Waals surface area contributed by atoms with E-state index in [-0.39, 0.29) is 24.4 Å². The van der Waals surface area contributed by atoms with Crippen LogP contribution in [-0.2, 0) is 9.59 Å². The standard InChI is InChI=1S/C14H22N2O3/c1-16(10-4-5-10)11(17)7-15-13-9-3-2-8(6-9)12(13)14(18)19/h8-10,12-13,15H,2-7H2,1H3,(H,18,19). The molecule has 0 aromatic heterocycles. The number of carbonyl (C=O) groups is 2. The second-order valence-corrected chi connectivity index (χ2v) is 6.34. The third-order valence-corrected chi connectivity index (χ3v) is 5.18. The number of hydrogen-bond donors (Lipinski definition) is 2. The molecule has 5 nitrogen and oxygen atoms in total. The predicted octanol–water partition coefficient (Wildman–Crippen LogP) is 0.696. The van der Waals surface area contributed by atoms with E-state index in [1.165, 1.54) is 0 Å². The molecule has 3 fully saturated rings. The van der Waals surface area contributed by atoms with Crippen LogP contribution >= 0.6 is 0 Å². The first-order chi connectivity index (χ1) is 9.08. The van der Waals surface area contributed by atoms with Crippen LogP contribution in [0.2, 0.25) is 0 Å². The highest BCUT2D eigenvalue weighted by Crippen LogP contribution is 2.48. The molecule has 0 aromatic rings. The van der Waals surface area contributed by atoms with Crippen molar-refractivity contribution in [3.63, 3.8) is 0 Å². The van der Waals surface area contributed by atoms with Gasteiger partial charge in [-0.1, -0.05) is 0 Å². The number of carbonyl (C=O) groups excluding carboxylic acids is 1. The van der Waals surface area contributed by atoms with Gasteiger partial charge in [-0.25, -0.2) is 0 Å². The van der Waals surface area contributed by atoms with Crippen LogP contribution < -0.4 is 5.32 Å². The zero-order valence-corrected chi connectivity index (χ0v) is 11.3. The highest BCUT2D eigenvalue weighted by Gasteiger charge is 2.50. The highest BCUT2D eigenvalue weighted by molar-refractivity contribution is 5.79. The van der Waals surface area contributed by atoms with Gasteiger partial charge in [0.25, 0.3) is 0 Å². The number of hydrogen-bond acceptors (Lipinski definition) is 3. The number of nitrogens with one attached hydrogen (secondary N) is 1. The maximum Gasteiger partial charge on any atom is 0.308 e. The average Bonchev–Trinajstić information content (AvgIpc) is 3.04. The smallest absolute Gasteiger partial charge is 0.308 e. The van der Waals surface area contributed by atoms with Crippen molar-refractivity contribution in [3.8, 4) is 0 Å². The molecule has 106 valence electrons. The van der Waals surface area contributed by atoms with E-state index < -0.39 is 5.97 Å². The van der Waals surface area contributed by atoms with Crippen LogP contribution in [0.15, 0.2) is 0 Å². The van der Waals surface area contributed by atoms with E-state index in [4.69, 9.17) is 0 Å². The van der Waals surface area contributed by atoms with E-state index in [2.05, 4.69) is 5.32 Å². The number of fused-ring (bicyclic) bond motifs is 2. The molecule has 1 amide bonds. The largest absolute Gasteiger partial charge is 0.481 e. The van der Waals surface area contributed by atoms with Gasteiger partial charge in [0.05, 0.1) is 12.5 Å². The lowest BCUT2D eigenvalue weighted by molar-refractivity contribution is -0.145. The topological polar surface area (TPSA) is 69.6 Å². The van der Waals surface area contributed by atoms with E-state index in [1.54, 1.807) is 4.90 Å². The molecule has 4 atom stereocenters. The van der Waals surface area contributed by atoms with Crippen LogP contribution in [-0.4, -0.2) is 47.6 Å². The van der Waals surface area contributed by atoms with E-state index in [9.17, 15) is 14.7 Å². The molecule has 4 unspecified atom stereocenters. The summed E-state index contributed by atoms with van der Waals surface area (Å²) in [5, 5.41) is 12.6. The van der Waals surface area contributed by atoms with Gasteiger partial charge in [0.15, 0.2) is 0 Å². The summed E-state index contributed by atoms with van der Waals surface area (Å²) < 4.78 is 0. The highest BCUT2D eigenvalue weighted by atomic mass is 16.4. The average molecular weight is 266 g/mol. The summed E-state index contributed by atoms with van der Waals surface area (Å²) in [6, 6.07) is 0.414. The Morgan fingerprint density at radius 3 is 2.53 bits per heavy atom.